The van der Waals surface area contributed by atoms with E-state index in [9.17, 15) is 9.59 Å². The zero-order valence-corrected chi connectivity index (χ0v) is 17.3. The fourth-order valence-corrected chi connectivity index (χ4v) is 4.91. The van der Waals surface area contributed by atoms with Crippen LogP contribution in [0.1, 0.15) is 36.7 Å². The van der Waals surface area contributed by atoms with Crippen molar-refractivity contribution in [1.29, 1.82) is 0 Å². The van der Waals surface area contributed by atoms with Gasteiger partial charge in [0.2, 0.25) is 11.8 Å². The Kier molecular flexibility index (Phi) is 5.06. The summed E-state index contributed by atoms with van der Waals surface area (Å²) in [6.45, 7) is 8.15. The van der Waals surface area contributed by atoms with Gasteiger partial charge in [-0.15, -0.1) is 6.42 Å². The molecular formula is C24H27N3O2. The average molecular weight is 389 g/mol. The van der Waals surface area contributed by atoms with E-state index in [0.717, 1.165) is 28.5 Å². The van der Waals surface area contributed by atoms with Crippen LogP contribution in [0.15, 0.2) is 30.5 Å². The van der Waals surface area contributed by atoms with Gasteiger partial charge in [0.25, 0.3) is 0 Å². The van der Waals surface area contributed by atoms with Crippen molar-refractivity contribution in [2.45, 2.75) is 33.2 Å². The molecule has 0 saturated heterocycles. The van der Waals surface area contributed by atoms with Crippen molar-refractivity contribution in [3.8, 4) is 12.3 Å². The summed E-state index contributed by atoms with van der Waals surface area (Å²) in [5.74, 6) is 2.73. The van der Waals surface area contributed by atoms with Gasteiger partial charge in [0.1, 0.15) is 0 Å². The van der Waals surface area contributed by atoms with Crippen LogP contribution in [0.4, 0.5) is 0 Å². The maximum Gasteiger partial charge on any atom is 0.230 e. The zero-order valence-electron chi connectivity index (χ0n) is 17.3. The first-order valence-corrected chi connectivity index (χ1v) is 10.3. The van der Waals surface area contributed by atoms with E-state index in [1.807, 2.05) is 37.1 Å². The monoisotopic (exact) mass is 389 g/mol. The predicted molar refractivity (Wildman–Crippen MR) is 116 cm³/mol. The van der Waals surface area contributed by atoms with E-state index in [1.54, 1.807) is 11.5 Å². The zero-order chi connectivity index (χ0) is 20.7. The summed E-state index contributed by atoms with van der Waals surface area (Å²) in [6.07, 6.45) is 10.6. The van der Waals surface area contributed by atoms with Crippen molar-refractivity contribution >= 4 is 28.3 Å². The number of nitrogens with zero attached hydrogens (tertiary/aromatic N) is 3. The second kappa shape index (κ2) is 7.53. The lowest BCUT2D eigenvalue weighted by Gasteiger charge is -2.41. The number of carbonyl (C=O) groups excluding carboxylic acids is 2. The van der Waals surface area contributed by atoms with Crippen LogP contribution in [0.3, 0.4) is 0 Å². The van der Waals surface area contributed by atoms with Crippen LogP contribution in [0.5, 0.6) is 0 Å². The predicted octanol–water partition coefficient (Wildman–Crippen LogP) is 3.04. The maximum atomic E-state index is 13.1. The molecule has 2 aliphatic rings. The van der Waals surface area contributed by atoms with Crippen LogP contribution in [0.25, 0.3) is 16.5 Å². The second-order valence-electron chi connectivity index (χ2n) is 7.84. The lowest BCUT2D eigenvalue weighted by atomic mass is 9.79. The molecule has 1 aliphatic heterocycles. The second-order valence-corrected chi connectivity index (χ2v) is 7.84. The van der Waals surface area contributed by atoms with Gasteiger partial charge in [-0.25, -0.2) is 0 Å². The fraction of sp³-hybridized carbons (Fsp3) is 0.417. The van der Waals surface area contributed by atoms with Crippen molar-refractivity contribution in [1.82, 2.24) is 14.4 Å². The van der Waals surface area contributed by atoms with Crippen LogP contribution >= 0.6 is 0 Å². The van der Waals surface area contributed by atoms with Crippen molar-refractivity contribution in [2.24, 2.45) is 5.92 Å². The number of benzene rings is 1. The summed E-state index contributed by atoms with van der Waals surface area (Å²) in [7, 11) is 0. The quantitative estimate of drug-likeness (QED) is 0.755. The Labute approximate surface area is 172 Å². The lowest BCUT2D eigenvalue weighted by Crippen LogP contribution is -2.49. The Morgan fingerprint density at radius 1 is 1.28 bits per heavy atom. The molecule has 0 saturated carbocycles. The highest BCUT2D eigenvalue weighted by Crippen LogP contribution is 2.42. The molecule has 1 aromatic carbocycles. The first kappa shape index (κ1) is 19.5. The van der Waals surface area contributed by atoms with Crippen molar-refractivity contribution in [2.75, 3.05) is 26.2 Å². The molecule has 5 heteroatoms. The molecule has 0 fully saturated rings. The lowest BCUT2D eigenvalue weighted by molar-refractivity contribution is -0.134. The van der Waals surface area contributed by atoms with E-state index in [-0.39, 0.29) is 23.8 Å². The summed E-state index contributed by atoms with van der Waals surface area (Å²) >= 11 is 0. The number of amides is 1. The Morgan fingerprint density at radius 2 is 2.03 bits per heavy atom. The minimum Gasteiger partial charge on any atom is -0.343 e. The van der Waals surface area contributed by atoms with Gasteiger partial charge in [-0.2, -0.15) is 0 Å². The molecule has 4 rings (SSSR count). The van der Waals surface area contributed by atoms with Crippen molar-refractivity contribution < 1.29 is 9.59 Å². The molecule has 0 unspecified atom stereocenters. The minimum absolute atomic E-state index is 0.00678. The third kappa shape index (κ3) is 3.08. The van der Waals surface area contributed by atoms with Crippen LogP contribution in [-0.2, 0) is 11.2 Å². The van der Waals surface area contributed by atoms with E-state index in [0.29, 0.717) is 26.2 Å². The van der Waals surface area contributed by atoms with Gasteiger partial charge in [-0.1, -0.05) is 24.1 Å². The average Bonchev–Trinajstić information content (AvgIpc) is 3.10. The molecule has 1 aromatic heterocycles. The van der Waals surface area contributed by atoms with Gasteiger partial charge < -0.3 is 4.90 Å². The van der Waals surface area contributed by atoms with Gasteiger partial charge in [-0.05, 0) is 43.0 Å². The Morgan fingerprint density at radius 3 is 2.69 bits per heavy atom. The number of hydrogen-bond donors (Lipinski definition) is 0. The molecule has 0 bridgehead atoms. The molecule has 2 heterocycles. The van der Waals surface area contributed by atoms with Crippen molar-refractivity contribution in [3.05, 3.63) is 41.6 Å². The normalized spacial score (nSPS) is 20.7. The summed E-state index contributed by atoms with van der Waals surface area (Å²) in [4.78, 5) is 29.4. The number of fused-ring (bicyclic) bond motifs is 2. The van der Waals surface area contributed by atoms with Crippen LogP contribution in [0.2, 0.25) is 0 Å². The van der Waals surface area contributed by atoms with E-state index in [4.69, 9.17) is 6.42 Å². The molecule has 1 amide bonds. The summed E-state index contributed by atoms with van der Waals surface area (Å²) in [5, 5.41) is 1.13. The number of hydrogen-bond acceptors (Lipinski definition) is 3. The van der Waals surface area contributed by atoms with Crippen LogP contribution in [-0.4, -0.2) is 58.4 Å². The standard InChI is InChI=1S/C24H27N3O2/c1-5-11-26-14-18(24(29)25(6-2)7-3)12-20-19-9-8-10-21-23(19)17(13-22(20)26)15-27(21)16(4)28/h1,8-10,12,15,18,22H,6-7,11,13-14H2,2-4H3/t18-,22-/m1/s1. The molecule has 2 aromatic rings. The van der Waals surface area contributed by atoms with Crippen LogP contribution < -0.4 is 0 Å². The van der Waals surface area contributed by atoms with Gasteiger partial charge in [0.05, 0.1) is 18.0 Å². The smallest absolute Gasteiger partial charge is 0.230 e. The van der Waals surface area contributed by atoms with Gasteiger partial charge in [0.15, 0.2) is 0 Å². The summed E-state index contributed by atoms with van der Waals surface area (Å²) in [6, 6.07) is 6.22. The summed E-state index contributed by atoms with van der Waals surface area (Å²) < 4.78 is 1.73. The largest absolute Gasteiger partial charge is 0.343 e. The number of terminal acetylenes is 1. The van der Waals surface area contributed by atoms with E-state index < -0.39 is 0 Å². The molecule has 2 atom stereocenters. The van der Waals surface area contributed by atoms with Crippen molar-refractivity contribution in [3.63, 3.8) is 0 Å². The Balaban J connectivity index is 1.86. The third-order valence-electron chi connectivity index (χ3n) is 6.27. The minimum atomic E-state index is -0.207. The first-order valence-electron chi connectivity index (χ1n) is 10.3. The van der Waals surface area contributed by atoms with Crippen LogP contribution in [0, 0.1) is 18.3 Å². The molecule has 0 spiro atoms. The van der Waals surface area contributed by atoms with E-state index in [2.05, 4.69) is 23.0 Å². The first-order chi connectivity index (χ1) is 14.0. The number of rotatable bonds is 4. The van der Waals surface area contributed by atoms with Gasteiger partial charge in [0, 0.05) is 44.2 Å². The number of carbonyl (C=O) groups is 2. The molecule has 150 valence electrons. The maximum absolute atomic E-state index is 13.1. The highest BCUT2D eigenvalue weighted by atomic mass is 16.2. The van der Waals surface area contributed by atoms with E-state index in [1.165, 1.54) is 5.56 Å². The highest BCUT2D eigenvalue weighted by Gasteiger charge is 2.38. The Hall–Kier alpha value is -2.84. The molecule has 29 heavy (non-hydrogen) atoms. The topological polar surface area (TPSA) is 45.6 Å². The highest BCUT2D eigenvalue weighted by molar-refractivity contribution is 6.03. The summed E-state index contributed by atoms with van der Waals surface area (Å²) in [5.41, 5.74) is 4.39. The molecule has 0 N–H and O–H groups in total. The van der Waals surface area contributed by atoms with E-state index >= 15 is 0 Å². The van der Waals surface area contributed by atoms with Gasteiger partial charge in [-0.3, -0.25) is 19.1 Å². The molecule has 5 nitrogen and oxygen atoms in total. The molecule has 0 radical (unpaired) electrons. The molecular weight excluding hydrogens is 362 g/mol. The number of aromatic nitrogens is 1. The third-order valence-corrected chi connectivity index (χ3v) is 6.27. The van der Waals surface area contributed by atoms with Gasteiger partial charge >= 0.3 is 0 Å². The SMILES string of the molecule is C#CCN1C[C@H](C(=O)N(CC)CC)C=C2c3cccc4c3c(cn4C(C)=O)C[C@H]21. The molecule has 1 aliphatic carbocycles. The fourth-order valence-electron chi connectivity index (χ4n) is 4.91. The Bertz CT molecular complexity index is 1050.